The highest BCUT2D eigenvalue weighted by Crippen LogP contribution is 2.41. The van der Waals surface area contributed by atoms with Crippen LogP contribution in [0, 0.1) is 12.3 Å². The zero-order chi connectivity index (χ0) is 29.3. The zero-order valence-electron chi connectivity index (χ0n) is 21.3. The van der Waals surface area contributed by atoms with E-state index >= 15 is 0 Å². The Morgan fingerprint density at radius 1 is 0.846 bits per heavy atom. The lowest BCUT2D eigenvalue weighted by Gasteiger charge is -2.46. The van der Waals surface area contributed by atoms with Crippen molar-refractivity contribution < 1.29 is 50.6 Å². The molecule has 0 unspecified atom stereocenters. The van der Waals surface area contributed by atoms with Crippen molar-refractivity contribution in [1.29, 1.82) is 0 Å². The number of pyridine rings is 1. The van der Waals surface area contributed by atoms with Gasteiger partial charge in [0.2, 0.25) is 0 Å². The van der Waals surface area contributed by atoms with Gasteiger partial charge >= 0.3 is 24.3 Å². The molecular weight excluding hydrogens is 536 g/mol. The Bertz CT molecular complexity index is 1020. The summed E-state index contributed by atoms with van der Waals surface area (Å²) < 4.78 is 69.2. The number of alkyl halides is 6. The summed E-state index contributed by atoms with van der Waals surface area (Å²) in [6.07, 6.45) is -2.91. The number of hydrogen-bond donors (Lipinski definition) is 2. The summed E-state index contributed by atoms with van der Waals surface area (Å²) >= 11 is 0. The SMILES string of the molecule is Cc1ccc(CN2CCC3(CCN(Cc4ccccn4)CC3)CC2)o1.O=C(O)C(F)(F)F.O=C(O)C(F)(F)F. The molecule has 39 heavy (non-hydrogen) atoms. The third kappa shape index (κ3) is 11.2. The van der Waals surface area contributed by atoms with E-state index in [1.54, 1.807) is 0 Å². The van der Waals surface area contributed by atoms with E-state index in [1.165, 1.54) is 57.6 Å². The first-order valence-electron chi connectivity index (χ1n) is 12.1. The van der Waals surface area contributed by atoms with Crippen LogP contribution in [0.2, 0.25) is 0 Å². The fraction of sp³-hybridized carbons (Fsp3) is 0.560. The topological polar surface area (TPSA) is 107 Å². The molecule has 2 aliphatic heterocycles. The molecule has 2 saturated heterocycles. The van der Waals surface area contributed by atoms with Crippen molar-refractivity contribution in [2.75, 3.05) is 26.2 Å². The third-order valence-corrected chi connectivity index (χ3v) is 6.61. The largest absolute Gasteiger partial charge is 0.490 e. The minimum Gasteiger partial charge on any atom is -0.475 e. The molecule has 4 heterocycles. The average Bonchev–Trinajstić information content (AvgIpc) is 3.27. The number of aryl methyl sites for hydroxylation is 1. The predicted molar refractivity (Wildman–Crippen MR) is 127 cm³/mol. The number of carboxylic acids is 2. The summed E-state index contributed by atoms with van der Waals surface area (Å²) in [6, 6.07) is 10.4. The lowest BCUT2D eigenvalue weighted by atomic mass is 9.71. The zero-order valence-corrected chi connectivity index (χ0v) is 21.3. The van der Waals surface area contributed by atoms with Gasteiger partial charge in [0.1, 0.15) is 11.5 Å². The van der Waals surface area contributed by atoms with Crippen molar-refractivity contribution >= 4 is 11.9 Å². The van der Waals surface area contributed by atoms with Gasteiger partial charge in [-0.15, -0.1) is 0 Å². The molecule has 8 nitrogen and oxygen atoms in total. The maximum atomic E-state index is 10.6. The molecular formula is C25H31F6N3O5. The molecule has 2 aromatic heterocycles. The Morgan fingerprint density at radius 3 is 1.67 bits per heavy atom. The molecule has 0 aromatic carbocycles. The lowest BCUT2D eigenvalue weighted by Crippen LogP contribution is -2.46. The van der Waals surface area contributed by atoms with E-state index in [-0.39, 0.29) is 0 Å². The fourth-order valence-corrected chi connectivity index (χ4v) is 4.38. The molecule has 2 aromatic rings. The standard InChI is InChI=1S/C21H29N3O.2C2HF3O2/c1-18-5-6-20(25-18)17-24-14-9-21(10-15-24)7-12-23(13-8-21)16-19-4-2-3-11-22-19;2*3-2(4,5)1(6)7/h2-6,11H,7-10,12-17H2,1H3;2*(H,6,7). The Hall–Kier alpha value is -3.13. The van der Waals surface area contributed by atoms with E-state index in [1.807, 2.05) is 19.2 Å². The van der Waals surface area contributed by atoms with Gasteiger partial charge in [0, 0.05) is 12.7 Å². The smallest absolute Gasteiger partial charge is 0.475 e. The van der Waals surface area contributed by atoms with Crippen LogP contribution >= 0.6 is 0 Å². The summed E-state index contributed by atoms with van der Waals surface area (Å²) in [4.78, 5) is 27.4. The first kappa shape index (κ1) is 32.1. The molecule has 2 N–H and O–H groups in total. The number of hydrogen-bond acceptors (Lipinski definition) is 6. The highest BCUT2D eigenvalue weighted by Gasteiger charge is 2.39. The molecule has 4 rings (SSSR count). The number of rotatable bonds is 4. The van der Waals surface area contributed by atoms with Crippen LogP contribution in [0.5, 0.6) is 0 Å². The van der Waals surface area contributed by atoms with Crippen molar-refractivity contribution in [1.82, 2.24) is 14.8 Å². The minimum atomic E-state index is -5.08. The number of aromatic nitrogens is 1. The number of furan rings is 1. The highest BCUT2D eigenvalue weighted by molar-refractivity contribution is 5.73. The second-order valence-corrected chi connectivity index (χ2v) is 9.49. The quantitative estimate of drug-likeness (QED) is 0.490. The molecule has 2 fully saturated rings. The van der Waals surface area contributed by atoms with Gasteiger partial charge in [-0.1, -0.05) is 6.07 Å². The Morgan fingerprint density at radius 2 is 1.31 bits per heavy atom. The average molecular weight is 568 g/mol. The van der Waals surface area contributed by atoms with E-state index < -0.39 is 24.3 Å². The van der Waals surface area contributed by atoms with E-state index in [9.17, 15) is 26.3 Å². The third-order valence-electron chi connectivity index (χ3n) is 6.61. The van der Waals surface area contributed by atoms with Crippen LogP contribution in [0.3, 0.4) is 0 Å². The molecule has 0 bridgehead atoms. The summed E-state index contributed by atoms with van der Waals surface area (Å²) in [5.74, 6) is -3.39. The Kier molecular flexibility index (Phi) is 11.3. The van der Waals surface area contributed by atoms with Gasteiger partial charge in [-0.25, -0.2) is 9.59 Å². The number of carbonyl (C=O) groups is 2. The molecule has 218 valence electrons. The molecule has 0 amide bonds. The normalized spacial score (nSPS) is 17.9. The molecule has 0 radical (unpaired) electrons. The van der Waals surface area contributed by atoms with Gasteiger partial charge in [0.05, 0.1) is 12.2 Å². The van der Waals surface area contributed by atoms with Gasteiger partial charge < -0.3 is 14.6 Å². The van der Waals surface area contributed by atoms with Crippen LogP contribution in [0.15, 0.2) is 40.9 Å². The van der Waals surface area contributed by atoms with E-state index in [4.69, 9.17) is 24.2 Å². The molecule has 14 heteroatoms. The Balaban J connectivity index is 0.000000317. The second-order valence-electron chi connectivity index (χ2n) is 9.49. The van der Waals surface area contributed by atoms with Crippen molar-refractivity contribution in [3.8, 4) is 0 Å². The van der Waals surface area contributed by atoms with E-state index in [0.717, 1.165) is 24.6 Å². The molecule has 2 aliphatic rings. The number of halogens is 6. The summed E-state index contributed by atoms with van der Waals surface area (Å²) in [5, 5.41) is 14.2. The summed E-state index contributed by atoms with van der Waals surface area (Å²) in [7, 11) is 0. The van der Waals surface area contributed by atoms with Crippen molar-refractivity contribution in [2.24, 2.45) is 5.41 Å². The van der Waals surface area contributed by atoms with Crippen molar-refractivity contribution in [3.05, 3.63) is 53.7 Å². The van der Waals surface area contributed by atoms with Gasteiger partial charge in [0.25, 0.3) is 0 Å². The summed E-state index contributed by atoms with van der Waals surface area (Å²) in [6.45, 7) is 8.84. The maximum absolute atomic E-state index is 10.6. The number of carboxylic acid groups (broad SMARTS) is 2. The van der Waals surface area contributed by atoms with Gasteiger partial charge in [-0.05, 0) is 88.5 Å². The first-order chi connectivity index (χ1) is 18.1. The number of piperidine rings is 2. The van der Waals surface area contributed by atoms with Crippen molar-refractivity contribution in [3.63, 3.8) is 0 Å². The van der Waals surface area contributed by atoms with Crippen LogP contribution in [-0.2, 0) is 22.7 Å². The lowest BCUT2D eigenvalue weighted by molar-refractivity contribution is -0.193. The predicted octanol–water partition coefficient (Wildman–Crippen LogP) is 5.13. The molecule has 0 aliphatic carbocycles. The fourth-order valence-electron chi connectivity index (χ4n) is 4.38. The molecule has 1 spiro atoms. The number of aliphatic carboxylic acids is 2. The van der Waals surface area contributed by atoms with Crippen LogP contribution in [-0.4, -0.2) is 75.5 Å². The van der Waals surface area contributed by atoms with Crippen LogP contribution < -0.4 is 0 Å². The van der Waals surface area contributed by atoms with Crippen LogP contribution in [0.25, 0.3) is 0 Å². The number of likely N-dealkylation sites (tertiary alicyclic amines) is 2. The van der Waals surface area contributed by atoms with Gasteiger partial charge in [0.15, 0.2) is 0 Å². The second kappa shape index (κ2) is 13.8. The van der Waals surface area contributed by atoms with Crippen LogP contribution in [0.4, 0.5) is 26.3 Å². The van der Waals surface area contributed by atoms with Crippen LogP contribution in [0.1, 0.15) is 42.9 Å². The van der Waals surface area contributed by atoms with Crippen molar-refractivity contribution in [2.45, 2.75) is 58.0 Å². The maximum Gasteiger partial charge on any atom is 0.490 e. The molecule has 0 atom stereocenters. The first-order valence-corrected chi connectivity index (χ1v) is 12.1. The monoisotopic (exact) mass is 567 g/mol. The summed E-state index contributed by atoms with van der Waals surface area (Å²) in [5.41, 5.74) is 1.78. The van der Waals surface area contributed by atoms with E-state index in [2.05, 4.69) is 39.0 Å². The Labute approximate surface area is 221 Å². The molecule has 0 saturated carbocycles. The number of nitrogens with zero attached hydrogens (tertiary/aromatic N) is 3. The van der Waals surface area contributed by atoms with E-state index in [0.29, 0.717) is 5.41 Å². The minimum absolute atomic E-state index is 0.580. The van der Waals surface area contributed by atoms with Gasteiger partial charge in [-0.2, -0.15) is 26.3 Å². The highest BCUT2D eigenvalue weighted by atomic mass is 19.4. The van der Waals surface area contributed by atoms with Gasteiger partial charge in [-0.3, -0.25) is 14.8 Å².